The number of rotatable bonds is 5. The van der Waals surface area contributed by atoms with Crippen LogP contribution in [-0.4, -0.2) is 18.9 Å². The van der Waals surface area contributed by atoms with E-state index in [9.17, 15) is 4.79 Å². The molecule has 1 rings (SSSR count). The van der Waals surface area contributed by atoms with Crippen LogP contribution < -0.4 is 4.90 Å². The van der Waals surface area contributed by atoms with Gasteiger partial charge in [-0.3, -0.25) is 4.79 Å². The highest BCUT2D eigenvalue weighted by atomic mass is 79.9. The molecule has 0 saturated carbocycles. The van der Waals surface area contributed by atoms with Gasteiger partial charge in [0, 0.05) is 28.3 Å². The van der Waals surface area contributed by atoms with Crippen LogP contribution in [0.1, 0.15) is 38.1 Å². The molecule has 0 heterocycles. The summed E-state index contributed by atoms with van der Waals surface area (Å²) in [7, 11) is 0. The lowest BCUT2D eigenvalue weighted by atomic mass is 10.1. The van der Waals surface area contributed by atoms with Crippen LogP contribution in [0.15, 0.2) is 22.7 Å². The molecule has 0 amide bonds. The van der Waals surface area contributed by atoms with Gasteiger partial charge in [-0.25, -0.2) is 0 Å². The molecule has 0 atom stereocenters. The van der Waals surface area contributed by atoms with Crippen LogP contribution in [0, 0.1) is 5.92 Å². The Bertz CT molecular complexity index is 388. The third kappa shape index (κ3) is 3.84. The molecular weight excluding hydrogens is 278 g/mol. The van der Waals surface area contributed by atoms with Crippen molar-refractivity contribution in [1.82, 2.24) is 0 Å². The van der Waals surface area contributed by atoms with E-state index in [-0.39, 0.29) is 0 Å². The Morgan fingerprint density at radius 1 is 1.29 bits per heavy atom. The number of halogens is 1. The van der Waals surface area contributed by atoms with Crippen LogP contribution in [-0.2, 0) is 0 Å². The molecule has 0 unspecified atom stereocenters. The minimum absolute atomic E-state index is 0.386. The second-order valence-corrected chi connectivity index (χ2v) is 5.88. The van der Waals surface area contributed by atoms with Crippen molar-refractivity contribution < 1.29 is 4.79 Å². The first-order chi connectivity index (χ1) is 7.95. The molecule has 1 aromatic carbocycles. The fraction of sp³-hybridized carbons (Fsp3) is 0.500. The van der Waals surface area contributed by atoms with Crippen molar-refractivity contribution in [2.45, 2.75) is 33.7 Å². The van der Waals surface area contributed by atoms with Gasteiger partial charge in [-0.1, -0.05) is 29.8 Å². The highest BCUT2D eigenvalue weighted by Gasteiger charge is 2.15. The maximum absolute atomic E-state index is 11.1. The Hall–Kier alpha value is -0.830. The van der Waals surface area contributed by atoms with Gasteiger partial charge in [0.1, 0.15) is 0 Å². The Morgan fingerprint density at radius 3 is 2.41 bits per heavy atom. The van der Waals surface area contributed by atoms with Crippen LogP contribution in [0.4, 0.5) is 5.69 Å². The predicted octanol–water partition coefficient (Wildman–Crippen LogP) is 4.13. The van der Waals surface area contributed by atoms with Crippen LogP contribution >= 0.6 is 15.9 Å². The van der Waals surface area contributed by atoms with Crippen molar-refractivity contribution in [2.24, 2.45) is 5.92 Å². The first-order valence-corrected chi connectivity index (χ1v) is 6.76. The van der Waals surface area contributed by atoms with E-state index in [1.165, 1.54) is 0 Å². The summed E-state index contributed by atoms with van der Waals surface area (Å²) >= 11 is 3.40. The maximum atomic E-state index is 11.1. The minimum atomic E-state index is 0.386. The molecule has 0 N–H and O–H groups in total. The molecule has 0 spiro atoms. The summed E-state index contributed by atoms with van der Waals surface area (Å²) in [5, 5.41) is 0. The molecule has 0 bridgehead atoms. The number of carbonyl (C=O) groups excluding carboxylic acids is 1. The van der Waals surface area contributed by atoms with E-state index in [1.54, 1.807) is 0 Å². The third-order valence-electron chi connectivity index (χ3n) is 2.61. The van der Waals surface area contributed by atoms with Crippen LogP contribution in [0.25, 0.3) is 0 Å². The average molecular weight is 298 g/mol. The van der Waals surface area contributed by atoms with Crippen molar-refractivity contribution in [3.63, 3.8) is 0 Å². The maximum Gasteiger partial charge on any atom is 0.152 e. The van der Waals surface area contributed by atoms with Gasteiger partial charge in [-0.15, -0.1) is 0 Å². The topological polar surface area (TPSA) is 20.3 Å². The summed E-state index contributed by atoms with van der Waals surface area (Å²) in [6.07, 6.45) is 0.926. The van der Waals surface area contributed by atoms with Crippen molar-refractivity contribution in [2.75, 3.05) is 11.4 Å². The zero-order chi connectivity index (χ0) is 13.0. The van der Waals surface area contributed by atoms with E-state index in [2.05, 4.69) is 48.5 Å². The first kappa shape index (κ1) is 14.2. The molecule has 3 heteroatoms. The van der Waals surface area contributed by atoms with Crippen LogP contribution in [0.5, 0.6) is 0 Å². The Kier molecular flexibility index (Phi) is 5.19. The SMILES string of the molecule is CC(C)CN(c1ccc(Br)cc1C=O)C(C)C. The minimum Gasteiger partial charge on any atom is -0.368 e. The zero-order valence-electron chi connectivity index (χ0n) is 10.9. The number of benzene rings is 1. The van der Waals surface area contributed by atoms with E-state index in [0.29, 0.717) is 12.0 Å². The molecule has 94 valence electrons. The molecule has 0 fully saturated rings. The lowest BCUT2D eigenvalue weighted by Gasteiger charge is -2.31. The highest BCUT2D eigenvalue weighted by Crippen LogP contribution is 2.25. The summed E-state index contributed by atoms with van der Waals surface area (Å²) in [6, 6.07) is 6.25. The molecule has 2 nitrogen and oxygen atoms in total. The lowest BCUT2D eigenvalue weighted by Crippen LogP contribution is -2.34. The van der Waals surface area contributed by atoms with Gasteiger partial charge in [0.25, 0.3) is 0 Å². The molecule has 0 saturated heterocycles. The molecule has 0 aromatic heterocycles. The first-order valence-electron chi connectivity index (χ1n) is 5.97. The van der Waals surface area contributed by atoms with E-state index < -0.39 is 0 Å². The molecular formula is C14H20BrNO. The Labute approximate surface area is 112 Å². The second-order valence-electron chi connectivity index (χ2n) is 4.96. The molecule has 17 heavy (non-hydrogen) atoms. The fourth-order valence-electron chi connectivity index (χ4n) is 1.86. The summed E-state index contributed by atoms with van der Waals surface area (Å²) in [6.45, 7) is 9.64. The van der Waals surface area contributed by atoms with Crippen LogP contribution in [0.3, 0.4) is 0 Å². The largest absolute Gasteiger partial charge is 0.368 e. The number of carbonyl (C=O) groups is 1. The van der Waals surface area contributed by atoms with Gasteiger partial charge < -0.3 is 4.90 Å². The average Bonchev–Trinajstić information content (AvgIpc) is 2.25. The fourth-order valence-corrected chi connectivity index (χ4v) is 2.24. The number of hydrogen-bond donors (Lipinski definition) is 0. The van der Waals surface area contributed by atoms with Crippen LogP contribution in [0.2, 0.25) is 0 Å². The number of aldehydes is 1. The standard InChI is InChI=1S/C14H20BrNO/c1-10(2)8-16(11(3)4)14-6-5-13(15)7-12(14)9-17/h5-7,9-11H,8H2,1-4H3. The molecule has 0 radical (unpaired) electrons. The summed E-state index contributed by atoms with van der Waals surface area (Å²) in [5.41, 5.74) is 1.76. The van der Waals surface area contributed by atoms with Gasteiger partial charge in [0.15, 0.2) is 6.29 Å². The van der Waals surface area contributed by atoms with Gasteiger partial charge >= 0.3 is 0 Å². The number of nitrogens with zero attached hydrogens (tertiary/aromatic N) is 1. The van der Waals surface area contributed by atoms with Gasteiger partial charge in [-0.05, 0) is 38.0 Å². The predicted molar refractivity (Wildman–Crippen MR) is 76.8 cm³/mol. The normalized spacial score (nSPS) is 11.0. The summed E-state index contributed by atoms with van der Waals surface area (Å²) in [4.78, 5) is 13.4. The second kappa shape index (κ2) is 6.20. The monoisotopic (exact) mass is 297 g/mol. The van der Waals surface area contributed by atoms with Crippen molar-refractivity contribution >= 4 is 27.9 Å². The van der Waals surface area contributed by atoms with Crippen molar-refractivity contribution in [3.8, 4) is 0 Å². The molecule has 1 aromatic rings. The van der Waals surface area contributed by atoms with Gasteiger partial charge in [0.05, 0.1) is 0 Å². The van der Waals surface area contributed by atoms with E-state index in [4.69, 9.17) is 0 Å². The lowest BCUT2D eigenvalue weighted by molar-refractivity contribution is 0.112. The molecule has 0 aliphatic heterocycles. The smallest absolute Gasteiger partial charge is 0.152 e. The van der Waals surface area contributed by atoms with E-state index >= 15 is 0 Å². The van der Waals surface area contributed by atoms with Crippen molar-refractivity contribution in [3.05, 3.63) is 28.2 Å². The molecule has 0 aliphatic carbocycles. The van der Waals surface area contributed by atoms with E-state index in [0.717, 1.165) is 28.6 Å². The summed E-state index contributed by atoms with van der Waals surface area (Å²) < 4.78 is 0.941. The van der Waals surface area contributed by atoms with Gasteiger partial charge in [0.2, 0.25) is 0 Å². The highest BCUT2D eigenvalue weighted by molar-refractivity contribution is 9.10. The zero-order valence-corrected chi connectivity index (χ0v) is 12.5. The Morgan fingerprint density at radius 2 is 1.94 bits per heavy atom. The number of hydrogen-bond acceptors (Lipinski definition) is 2. The van der Waals surface area contributed by atoms with Crippen molar-refractivity contribution in [1.29, 1.82) is 0 Å². The van der Waals surface area contributed by atoms with E-state index in [1.807, 2.05) is 18.2 Å². The Balaban J connectivity index is 3.13. The quantitative estimate of drug-likeness (QED) is 0.762. The number of anilines is 1. The van der Waals surface area contributed by atoms with Gasteiger partial charge in [-0.2, -0.15) is 0 Å². The molecule has 0 aliphatic rings. The third-order valence-corrected chi connectivity index (χ3v) is 3.10. The summed E-state index contributed by atoms with van der Waals surface area (Å²) in [5.74, 6) is 0.570.